The van der Waals surface area contributed by atoms with E-state index >= 15 is 0 Å². The third-order valence-electron chi connectivity index (χ3n) is 7.13. The molecule has 4 rings (SSSR count). The molecule has 25 heavy (non-hydrogen) atoms. The summed E-state index contributed by atoms with van der Waals surface area (Å²) in [5.74, 6) is 3.43. The topological polar surface area (TPSA) is 44.4 Å². The van der Waals surface area contributed by atoms with Gasteiger partial charge in [-0.1, -0.05) is 19.3 Å². The van der Waals surface area contributed by atoms with Crippen LogP contribution in [0.1, 0.15) is 64.2 Å². The third-order valence-corrected chi connectivity index (χ3v) is 8.07. The molecule has 2 N–H and O–H groups in total. The van der Waals surface area contributed by atoms with Crippen molar-refractivity contribution in [3.05, 3.63) is 0 Å². The molecule has 0 aromatic heterocycles. The van der Waals surface area contributed by atoms with E-state index in [2.05, 4.69) is 27.3 Å². The molecule has 3 heterocycles. The number of amides is 1. The number of piperidine rings is 1. The molecular weight excluding hydrogens is 330 g/mol. The minimum absolute atomic E-state index is 0.252. The lowest BCUT2D eigenvalue weighted by molar-refractivity contribution is -0.123. The number of fused-ring (bicyclic) bond motifs is 2. The van der Waals surface area contributed by atoms with Gasteiger partial charge in [-0.15, -0.1) is 0 Å². The van der Waals surface area contributed by atoms with Crippen LogP contribution in [0.5, 0.6) is 0 Å². The summed E-state index contributed by atoms with van der Waals surface area (Å²) >= 11 is 2.08. The van der Waals surface area contributed by atoms with Crippen molar-refractivity contribution >= 4 is 17.7 Å². The molecular formula is C20H35N3OS. The van der Waals surface area contributed by atoms with Crippen molar-refractivity contribution in [2.45, 2.75) is 81.8 Å². The molecule has 0 spiro atoms. The number of nitrogens with one attached hydrogen (secondary N) is 2. The van der Waals surface area contributed by atoms with Gasteiger partial charge in [-0.2, -0.15) is 11.8 Å². The molecule has 0 aromatic rings. The maximum Gasteiger partial charge on any atom is 0.220 e. The number of nitrogens with zero attached hydrogens (tertiary/aromatic N) is 1. The van der Waals surface area contributed by atoms with Crippen molar-refractivity contribution in [2.75, 3.05) is 31.1 Å². The van der Waals surface area contributed by atoms with Crippen LogP contribution in [0.3, 0.4) is 0 Å². The highest BCUT2D eigenvalue weighted by molar-refractivity contribution is 7.99. The first-order valence-electron chi connectivity index (χ1n) is 10.6. The van der Waals surface area contributed by atoms with E-state index in [0.717, 1.165) is 13.0 Å². The fourth-order valence-corrected chi connectivity index (χ4v) is 6.69. The third kappa shape index (κ3) is 4.36. The van der Waals surface area contributed by atoms with E-state index in [-0.39, 0.29) is 5.54 Å². The summed E-state index contributed by atoms with van der Waals surface area (Å²) in [4.78, 5) is 15.4. The van der Waals surface area contributed by atoms with Gasteiger partial charge in [0.05, 0.1) is 0 Å². The number of hydrogen-bond donors (Lipinski definition) is 2. The Bertz CT molecular complexity index is 448. The number of thioether (sulfide) groups is 1. The summed E-state index contributed by atoms with van der Waals surface area (Å²) < 4.78 is 0. The molecule has 142 valence electrons. The summed E-state index contributed by atoms with van der Waals surface area (Å²) in [5.41, 5.74) is 0.252. The predicted molar refractivity (Wildman–Crippen MR) is 105 cm³/mol. The molecule has 4 fully saturated rings. The van der Waals surface area contributed by atoms with Crippen molar-refractivity contribution in [3.8, 4) is 0 Å². The van der Waals surface area contributed by atoms with E-state index in [9.17, 15) is 4.79 Å². The first kappa shape index (κ1) is 18.1. The van der Waals surface area contributed by atoms with Gasteiger partial charge in [0.1, 0.15) is 0 Å². The maximum atomic E-state index is 12.7. The Morgan fingerprint density at radius 3 is 2.44 bits per heavy atom. The summed E-state index contributed by atoms with van der Waals surface area (Å²) in [6, 6.07) is 1.37. The van der Waals surface area contributed by atoms with Crippen LogP contribution in [0, 0.1) is 5.92 Å². The molecule has 2 atom stereocenters. The average Bonchev–Trinajstić information content (AvgIpc) is 3.00. The van der Waals surface area contributed by atoms with E-state index in [0.29, 0.717) is 23.9 Å². The highest BCUT2D eigenvalue weighted by Crippen LogP contribution is 2.35. The van der Waals surface area contributed by atoms with E-state index in [1.54, 1.807) is 0 Å². The maximum absolute atomic E-state index is 12.7. The summed E-state index contributed by atoms with van der Waals surface area (Å²) in [5, 5.41) is 7.07. The lowest BCUT2D eigenvalue weighted by Gasteiger charge is -2.48. The van der Waals surface area contributed by atoms with Crippen LogP contribution in [-0.4, -0.2) is 59.6 Å². The Kier molecular flexibility index (Phi) is 5.93. The zero-order valence-electron chi connectivity index (χ0n) is 15.6. The van der Waals surface area contributed by atoms with Crippen molar-refractivity contribution in [1.29, 1.82) is 0 Å². The monoisotopic (exact) mass is 365 g/mol. The van der Waals surface area contributed by atoms with Gasteiger partial charge in [0.15, 0.2) is 0 Å². The Morgan fingerprint density at radius 1 is 1.08 bits per heavy atom. The zero-order chi connectivity index (χ0) is 17.1. The molecule has 1 amide bonds. The number of hydrogen-bond acceptors (Lipinski definition) is 4. The number of carbonyl (C=O) groups excluding carboxylic acids is 1. The van der Waals surface area contributed by atoms with E-state index < -0.39 is 0 Å². The van der Waals surface area contributed by atoms with Crippen LogP contribution in [0.15, 0.2) is 0 Å². The highest BCUT2D eigenvalue weighted by atomic mass is 32.2. The minimum atomic E-state index is 0.252. The van der Waals surface area contributed by atoms with Gasteiger partial charge in [0.2, 0.25) is 5.91 Å². The Balaban J connectivity index is 1.30. The standard InChI is InChI=1S/C20H35N3OS/c24-19(14-16-12-17-4-5-18(13-16)22-17)21-15-20(6-2-1-3-7-20)23-8-10-25-11-9-23/h16-18,22H,1-15H2,(H,21,24). The predicted octanol–water partition coefficient (Wildman–Crippen LogP) is 2.78. The molecule has 3 saturated heterocycles. The second-order valence-corrected chi connectivity index (χ2v) is 10.1. The Labute approximate surface area is 157 Å². The zero-order valence-corrected chi connectivity index (χ0v) is 16.4. The summed E-state index contributed by atoms with van der Waals surface area (Å²) in [6.07, 6.45) is 12.4. The summed E-state index contributed by atoms with van der Waals surface area (Å²) in [7, 11) is 0. The second-order valence-electron chi connectivity index (χ2n) is 8.84. The van der Waals surface area contributed by atoms with Gasteiger partial charge in [-0.05, 0) is 44.4 Å². The molecule has 2 bridgehead atoms. The van der Waals surface area contributed by atoms with Crippen molar-refractivity contribution < 1.29 is 4.79 Å². The number of carbonyl (C=O) groups is 1. The lowest BCUT2D eigenvalue weighted by Crippen LogP contribution is -2.59. The minimum Gasteiger partial charge on any atom is -0.354 e. The molecule has 0 radical (unpaired) electrons. The summed E-state index contributed by atoms with van der Waals surface area (Å²) in [6.45, 7) is 3.30. The van der Waals surface area contributed by atoms with Gasteiger partial charge in [-0.25, -0.2) is 0 Å². The van der Waals surface area contributed by atoms with E-state index in [1.807, 2.05) is 0 Å². The molecule has 3 aliphatic heterocycles. The molecule has 1 aliphatic carbocycles. The van der Waals surface area contributed by atoms with Crippen LogP contribution in [0.4, 0.5) is 0 Å². The van der Waals surface area contributed by atoms with Crippen molar-refractivity contribution in [2.24, 2.45) is 5.92 Å². The van der Waals surface area contributed by atoms with Gasteiger partial charge in [0, 0.05) is 55.2 Å². The average molecular weight is 366 g/mol. The lowest BCUT2D eigenvalue weighted by atomic mass is 9.79. The van der Waals surface area contributed by atoms with Crippen LogP contribution < -0.4 is 10.6 Å². The Hall–Kier alpha value is -0.260. The molecule has 4 aliphatic rings. The second kappa shape index (κ2) is 8.18. The van der Waals surface area contributed by atoms with Crippen LogP contribution >= 0.6 is 11.8 Å². The number of rotatable bonds is 5. The Morgan fingerprint density at radius 2 is 1.76 bits per heavy atom. The SMILES string of the molecule is O=C(CC1CC2CCC(C1)N2)NCC1(N2CCSCC2)CCCCC1. The van der Waals surface area contributed by atoms with Crippen LogP contribution in [0.25, 0.3) is 0 Å². The fraction of sp³-hybridized carbons (Fsp3) is 0.950. The molecule has 2 unspecified atom stereocenters. The first-order chi connectivity index (χ1) is 12.2. The van der Waals surface area contributed by atoms with E-state index in [1.165, 1.54) is 82.4 Å². The molecule has 1 saturated carbocycles. The fourth-order valence-electron chi connectivity index (χ4n) is 5.79. The van der Waals surface area contributed by atoms with Gasteiger partial charge >= 0.3 is 0 Å². The van der Waals surface area contributed by atoms with E-state index in [4.69, 9.17) is 0 Å². The largest absolute Gasteiger partial charge is 0.354 e. The molecule has 4 nitrogen and oxygen atoms in total. The quantitative estimate of drug-likeness (QED) is 0.786. The van der Waals surface area contributed by atoms with Crippen molar-refractivity contribution in [3.63, 3.8) is 0 Å². The molecule has 5 heteroatoms. The first-order valence-corrected chi connectivity index (χ1v) is 11.7. The van der Waals surface area contributed by atoms with Crippen LogP contribution in [0.2, 0.25) is 0 Å². The normalized spacial score (nSPS) is 35.4. The van der Waals surface area contributed by atoms with Crippen LogP contribution in [-0.2, 0) is 4.79 Å². The molecule has 0 aromatic carbocycles. The van der Waals surface area contributed by atoms with Crippen molar-refractivity contribution in [1.82, 2.24) is 15.5 Å². The van der Waals surface area contributed by atoms with Gasteiger partial charge < -0.3 is 10.6 Å². The van der Waals surface area contributed by atoms with Gasteiger partial charge in [-0.3, -0.25) is 9.69 Å². The van der Waals surface area contributed by atoms with Gasteiger partial charge in [0.25, 0.3) is 0 Å². The highest BCUT2D eigenvalue weighted by Gasteiger charge is 2.39. The smallest absolute Gasteiger partial charge is 0.220 e.